The SMILES string of the molecule is CC(C)(NC(=O)Cc1cccc(F)c1)/C(N)=N/O. The predicted molar refractivity (Wildman–Crippen MR) is 65.7 cm³/mol. The summed E-state index contributed by atoms with van der Waals surface area (Å²) in [4.78, 5) is 11.7. The lowest BCUT2D eigenvalue weighted by Crippen LogP contribution is -2.53. The molecular formula is C12H16FN3O2. The van der Waals surface area contributed by atoms with E-state index in [0.717, 1.165) is 0 Å². The minimum absolute atomic E-state index is 0.0277. The molecule has 4 N–H and O–H groups in total. The number of nitrogens with zero attached hydrogens (tertiary/aromatic N) is 1. The van der Waals surface area contributed by atoms with Crippen molar-refractivity contribution in [2.75, 3.05) is 0 Å². The second-order valence-electron chi connectivity index (χ2n) is 4.47. The van der Waals surface area contributed by atoms with Gasteiger partial charge in [-0.3, -0.25) is 4.79 Å². The maximum absolute atomic E-state index is 12.9. The molecule has 0 aromatic heterocycles. The van der Waals surface area contributed by atoms with Gasteiger partial charge in [-0.15, -0.1) is 0 Å². The van der Waals surface area contributed by atoms with Crippen LogP contribution in [0.1, 0.15) is 19.4 Å². The van der Waals surface area contributed by atoms with Gasteiger partial charge < -0.3 is 16.3 Å². The fraction of sp³-hybridized carbons (Fsp3) is 0.333. The lowest BCUT2D eigenvalue weighted by Gasteiger charge is -2.24. The summed E-state index contributed by atoms with van der Waals surface area (Å²) in [5.41, 5.74) is 5.04. The van der Waals surface area contributed by atoms with E-state index in [1.807, 2.05) is 0 Å². The number of carbonyl (C=O) groups is 1. The third-order valence-corrected chi connectivity index (χ3v) is 2.45. The zero-order chi connectivity index (χ0) is 13.8. The Kier molecular flexibility index (Phi) is 4.25. The van der Waals surface area contributed by atoms with Crippen molar-refractivity contribution >= 4 is 11.7 Å². The molecular weight excluding hydrogens is 237 g/mol. The Balaban J connectivity index is 2.68. The van der Waals surface area contributed by atoms with E-state index in [-0.39, 0.29) is 18.2 Å². The normalized spacial score (nSPS) is 12.3. The van der Waals surface area contributed by atoms with Crippen molar-refractivity contribution in [2.45, 2.75) is 25.8 Å². The average molecular weight is 253 g/mol. The molecule has 0 bridgehead atoms. The summed E-state index contributed by atoms with van der Waals surface area (Å²) in [7, 11) is 0. The molecule has 0 atom stereocenters. The number of hydrogen-bond acceptors (Lipinski definition) is 3. The molecule has 1 rings (SSSR count). The Bertz CT molecular complexity index is 472. The summed E-state index contributed by atoms with van der Waals surface area (Å²) in [6, 6.07) is 5.78. The molecule has 1 aromatic carbocycles. The number of amidine groups is 1. The molecule has 18 heavy (non-hydrogen) atoms. The summed E-state index contributed by atoms with van der Waals surface area (Å²) in [6.07, 6.45) is 0.0277. The fourth-order valence-electron chi connectivity index (χ4n) is 1.41. The van der Waals surface area contributed by atoms with Crippen LogP contribution in [0, 0.1) is 5.82 Å². The van der Waals surface area contributed by atoms with E-state index >= 15 is 0 Å². The van der Waals surface area contributed by atoms with Gasteiger partial charge in [-0.2, -0.15) is 0 Å². The smallest absolute Gasteiger partial charge is 0.225 e. The van der Waals surface area contributed by atoms with Crippen LogP contribution in [-0.4, -0.2) is 22.5 Å². The molecule has 1 aromatic rings. The second kappa shape index (κ2) is 5.48. The van der Waals surface area contributed by atoms with E-state index < -0.39 is 11.4 Å². The molecule has 0 heterocycles. The van der Waals surface area contributed by atoms with Crippen LogP contribution < -0.4 is 11.1 Å². The van der Waals surface area contributed by atoms with Gasteiger partial charge in [0, 0.05) is 0 Å². The quantitative estimate of drug-likeness (QED) is 0.324. The van der Waals surface area contributed by atoms with Crippen molar-refractivity contribution in [3.63, 3.8) is 0 Å². The minimum Gasteiger partial charge on any atom is -0.409 e. The Labute approximate surface area is 104 Å². The van der Waals surface area contributed by atoms with Crippen LogP contribution in [0.2, 0.25) is 0 Å². The zero-order valence-corrected chi connectivity index (χ0v) is 10.3. The van der Waals surface area contributed by atoms with Gasteiger partial charge in [-0.25, -0.2) is 4.39 Å². The first kappa shape index (κ1) is 14.0. The highest BCUT2D eigenvalue weighted by atomic mass is 19.1. The number of nitrogens with one attached hydrogen (secondary N) is 1. The summed E-state index contributed by atoms with van der Waals surface area (Å²) < 4.78 is 12.9. The molecule has 0 aliphatic rings. The van der Waals surface area contributed by atoms with Crippen LogP contribution in [0.15, 0.2) is 29.4 Å². The highest BCUT2D eigenvalue weighted by Gasteiger charge is 2.25. The largest absolute Gasteiger partial charge is 0.409 e. The molecule has 0 fully saturated rings. The van der Waals surface area contributed by atoms with E-state index in [9.17, 15) is 9.18 Å². The maximum Gasteiger partial charge on any atom is 0.225 e. The first-order valence-corrected chi connectivity index (χ1v) is 5.38. The molecule has 1 amide bonds. The highest BCUT2D eigenvalue weighted by Crippen LogP contribution is 2.07. The molecule has 0 aliphatic carbocycles. The number of amides is 1. The number of benzene rings is 1. The number of hydrogen-bond donors (Lipinski definition) is 3. The second-order valence-corrected chi connectivity index (χ2v) is 4.47. The van der Waals surface area contributed by atoms with Crippen molar-refractivity contribution in [1.29, 1.82) is 0 Å². The minimum atomic E-state index is -0.959. The van der Waals surface area contributed by atoms with Crippen LogP contribution in [0.25, 0.3) is 0 Å². The fourth-order valence-corrected chi connectivity index (χ4v) is 1.41. The van der Waals surface area contributed by atoms with Crippen LogP contribution in [0.5, 0.6) is 0 Å². The molecule has 6 heteroatoms. The summed E-state index contributed by atoms with van der Waals surface area (Å²) >= 11 is 0. The van der Waals surface area contributed by atoms with Crippen LogP contribution >= 0.6 is 0 Å². The topological polar surface area (TPSA) is 87.7 Å². The van der Waals surface area contributed by atoms with Gasteiger partial charge in [0.05, 0.1) is 12.0 Å². The van der Waals surface area contributed by atoms with Gasteiger partial charge in [0.25, 0.3) is 0 Å². The summed E-state index contributed by atoms with van der Waals surface area (Å²) in [6.45, 7) is 3.21. The maximum atomic E-state index is 12.9. The molecule has 0 saturated carbocycles. The first-order valence-electron chi connectivity index (χ1n) is 5.38. The summed E-state index contributed by atoms with van der Waals surface area (Å²) in [5, 5.41) is 14.0. The van der Waals surface area contributed by atoms with E-state index in [1.54, 1.807) is 19.9 Å². The first-order chi connectivity index (χ1) is 8.35. The van der Waals surface area contributed by atoms with Crippen LogP contribution in [0.3, 0.4) is 0 Å². The number of oxime groups is 1. The van der Waals surface area contributed by atoms with Gasteiger partial charge in [-0.05, 0) is 31.5 Å². The number of carbonyl (C=O) groups excluding carboxylic acids is 1. The molecule has 98 valence electrons. The molecule has 0 spiro atoms. The standard InChI is InChI=1S/C12H16FN3O2/c1-12(2,11(14)16-18)15-10(17)7-8-4-3-5-9(13)6-8/h3-6,18H,7H2,1-2H3,(H2,14,16)(H,15,17). The van der Waals surface area contributed by atoms with Crippen LogP contribution in [0.4, 0.5) is 4.39 Å². The van der Waals surface area contributed by atoms with Crippen molar-refractivity contribution in [3.05, 3.63) is 35.6 Å². The highest BCUT2D eigenvalue weighted by molar-refractivity contribution is 5.93. The Morgan fingerprint density at radius 3 is 2.78 bits per heavy atom. The molecule has 0 radical (unpaired) electrons. The van der Waals surface area contributed by atoms with E-state index in [2.05, 4.69) is 10.5 Å². The van der Waals surface area contributed by atoms with Crippen molar-refractivity contribution < 1.29 is 14.4 Å². The van der Waals surface area contributed by atoms with E-state index in [0.29, 0.717) is 5.56 Å². The molecule has 0 saturated heterocycles. The zero-order valence-electron chi connectivity index (χ0n) is 10.3. The number of rotatable bonds is 4. The lowest BCUT2D eigenvalue weighted by atomic mass is 10.0. The Morgan fingerprint density at radius 1 is 1.56 bits per heavy atom. The van der Waals surface area contributed by atoms with Gasteiger partial charge in [0.2, 0.25) is 5.91 Å². The monoisotopic (exact) mass is 253 g/mol. The van der Waals surface area contributed by atoms with Gasteiger partial charge in [0.1, 0.15) is 5.82 Å². The van der Waals surface area contributed by atoms with E-state index in [1.165, 1.54) is 18.2 Å². The summed E-state index contributed by atoms with van der Waals surface area (Å²) in [5.74, 6) is -0.830. The Hall–Kier alpha value is -2.11. The van der Waals surface area contributed by atoms with Crippen molar-refractivity contribution in [2.24, 2.45) is 10.9 Å². The molecule has 0 unspecified atom stereocenters. The third-order valence-electron chi connectivity index (χ3n) is 2.45. The Morgan fingerprint density at radius 2 is 2.22 bits per heavy atom. The van der Waals surface area contributed by atoms with Gasteiger partial charge in [-0.1, -0.05) is 17.3 Å². The molecule has 0 aliphatic heterocycles. The van der Waals surface area contributed by atoms with Gasteiger partial charge >= 0.3 is 0 Å². The number of nitrogens with two attached hydrogens (primary N) is 1. The van der Waals surface area contributed by atoms with Crippen molar-refractivity contribution in [1.82, 2.24) is 5.32 Å². The number of halogens is 1. The predicted octanol–water partition coefficient (Wildman–Crippen LogP) is 1.01. The van der Waals surface area contributed by atoms with Gasteiger partial charge in [0.15, 0.2) is 5.84 Å². The van der Waals surface area contributed by atoms with Crippen LogP contribution in [-0.2, 0) is 11.2 Å². The average Bonchev–Trinajstić information content (AvgIpc) is 2.26. The molecule has 5 nitrogen and oxygen atoms in total. The lowest BCUT2D eigenvalue weighted by molar-refractivity contribution is -0.121. The van der Waals surface area contributed by atoms with E-state index in [4.69, 9.17) is 10.9 Å². The van der Waals surface area contributed by atoms with Crippen molar-refractivity contribution in [3.8, 4) is 0 Å². The third kappa shape index (κ3) is 3.73.